The highest BCUT2D eigenvalue weighted by Crippen LogP contribution is 2.44. The second-order valence-corrected chi connectivity index (χ2v) is 7.64. The third-order valence-corrected chi connectivity index (χ3v) is 5.73. The topological polar surface area (TPSA) is 77.9 Å². The van der Waals surface area contributed by atoms with Crippen LogP contribution in [0.4, 0.5) is 5.69 Å². The van der Waals surface area contributed by atoms with Gasteiger partial charge in [0.15, 0.2) is 0 Å². The van der Waals surface area contributed by atoms with Gasteiger partial charge in [-0.05, 0) is 12.5 Å². The third kappa shape index (κ3) is 3.26. The lowest BCUT2D eigenvalue weighted by atomic mass is 10.1. The number of carbonyl (C=O) groups excluding carboxylic acids is 2. The Balaban J connectivity index is 1.99. The molecule has 1 aromatic rings. The highest BCUT2D eigenvalue weighted by atomic mass is 32.2. The molecule has 0 unspecified atom stereocenters. The molecule has 6 nitrogen and oxygen atoms in total. The molecule has 2 amide bonds. The van der Waals surface area contributed by atoms with Gasteiger partial charge in [0.2, 0.25) is 0 Å². The standard InChI is InChI=1S/C18H18N2O4S2/c1-2-3-9-19-12-7-5-4-6-11(12)14(16(19)23)15-17(24)20(18(25)26-15)10-8-13(21)22/h4-7H,2-3,8-10H2,1H3,(H,21,22)/b15-14-. The number of hydrogen-bond acceptors (Lipinski definition) is 5. The number of carbonyl (C=O) groups is 3. The number of nitrogens with zero attached hydrogens (tertiary/aromatic N) is 2. The molecule has 8 heteroatoms. The van der Waals surface area contributed by atoms with Gasteiger partial charge in [0, 0.05) is 18.7 Å². The zero-order chi connectivity index (χ0) is 18.8. The van der Waals surface area contributed by atoms with Crippen LogP contribution in [0.3, 0.4) is 0 Å². The van der Waals surface area contributed by atoms with Crippen LogP contribution < -0.4 is 4.90 Å². The first-order chi connectivity index (χ1) is 12.5. The molecule has 0 spiro atoms. The number of rotatable bonds is 6. The summed E-state index contributed by atoms with van der Waals surface area (Å²) in [4.78, 5) is 39.9. The lowest BCUT2D eigenvalue weighted by molar-refractivity contribution is -0.137. The van der Waals surface area contributed by atoms with Crippen molar-refractivity contribution >= 4 is 57.3 Å². The number of benzene rings is 1. The van der Waals surface area contributed by atoms with Gasteiger partial charge in [-0.1, -0.05) is 55.5 Å². The van der Waals surface area contributed by atoms with Crippen LogP contribution >= 0.6 is 24.0 Å². The Hall–Kier alpha value is -2.19. The molecule has 0 aliphatic carbocycles. The molecule has 136 valence electrons. The first-order valence-corrected chi connectivity index (χ1v) is 9.59. The molecule has 1 aromatic carbocycles. The van der Waals surface area contributed by atoms with E-state index in [2.05, 4.69) is 6.92 Å². The van der Waals surface area contributed by atoms with Crippen LogP contribution in [0.25, 0.3) is 5.57 Å². The van der Waals surface area contributed by atoms with Crippen LogP contribution in [-0.2, 0) is 14.4 Å². The lowest BCUT2D eigenvalue weighted by Gasteiger charge is -2.16. The van der Waals surface area contributed by atoms with Gasteiger partial charge in [-0.25, -0.2) is 0 Å². The monoisotopic (exact) mass is 390 g/mol. The molecular weight excluding hydrogens is 372 g/mol. The molecular formula is C18H18N2O4S2. The van der Waals surface area contributed by atoms with E-state index < -0.39 is 11.9 Å². The van der Waals surface area contributed by atoms with Crippen LogP contribution in [0.2, 0.25) is 0 Å². The maximum Gasteiger partial charge on any atom is 0.305 e. The Morgan fingerprint density at radius 2 is 1.88 bits per heavy atom. The number of fused-ring (bicyclic) bond motifs is 1. The van der Waals surface area contributed by atoms with Gasteiger partial charge in [0.25, 0.3) is 11.8 Å². The highest BCUT2D eigenvalue weighted by Gasteiger charge is 2.41. The first-order valence-electron chi connectivity index (χ1n) is 8.36. The molecule has 2 heterocycles. The van der Waals surface area contributed by atoms with E-state index in [0.717, 1.165) is 35.9 Å². The fourth-order valence-corrected chi connectivity index (χ4v) is 4.37. The minimum atomic E-state index is -1.00. The summed E-state index contributed by atoms with van der Waals surface area (Å²) in [6.45, 7) is 2.66. The number of unbranched alkanes of at least 4 members (excludes halogenated alkanes) is 1. The van der Waals surface area contributed by atoms with Crippen molar-refractivity contribution in [3.8, 4) is 0 Å². The minimum Gasteiger partial charge on any atom is -0.481 e. The van der Waals surface area contributed by atoms with Crippen LogP contribution in [0, 0.1) is 0 Å². The summed E-state index contributed by atoms with van der Waals surface area (Å²) >= 11 is 6.31. The third-order valence-electron chi connectivity index (χ3n) is 4.28. The summed E-state index contributed by atoms with van der Waals surface area (Å²) in [5.41, 5.74) is 1.90. The lowest BCUT2D eigenvalue weighted by Crippen LogP contribution is -2.31. The van der Waals surface area contributed by atoms with E-state index in [4.69, 9.17) is 17.3 Å². The molecule has 3 rings (SSSR count). The van der Waals surface area contributed by atoms with Gasteiger partial charge in [0.1, 0.15) is 4.32 Å². The van der Waals surface area contributed by atoms with E-state index in [1.54, 1.807) is 4.90 Å². The Bertz CT molecular complexity index is 834. The number of thiocarbonyl (C=S) groups is 1. The molecule has 2 aliphatic heterocycles. The van der Waals surface area contributed by atoms with Gasteiger partial charge < -0.3 is 10.0 Å². The number of thioether (sulfide) groups is 1. The van der Waals surface area contributed by atoms with Crippen molar-refractivity contribution in [1.82, 2.24) is 4.90 Å². The smallest absolute Gasteiger partial charge is 0.305 e. The van der Waals surface area contributed by atoms with Gasteiger partial charge in [-0.3, -0.25) is 19.3 Å². The van der Waals surface area contributed by atoms with E-state index in [1.807, 2.05) is 24.3 Å². The number of aliphatic carboxylic acids is 1. The molecule has 0 bridgehead atoms. The predicted molar refractivity (Wildman–Crippen MR) is 105 cm³/mol. The molecule has 0 atom stereocenters. The maximum atomic E-state index is 13.0. The van der Waals surface area contributed by atoms with Crippen LogP contribution in [0.15, 0.2) is 29.2 Å². The average molecular weight is 390 g/mol. The SMILES string of the molecule is CCCCN1C(=O)/C(=C2\SC(=S)N(CCC(=O)O)C2=O)c2ccccc21. The minimum absolute atomic E-state index is 0.00612. The number of carboxylic acids is 1. The number of carboxylic acid groups (broad SMARTS) is 1. The van der Waals surface area contributed by atoms with Crippen molar-refractivity contribution < 1.29 is 19.5 Å². The zero-order valence-electron chi connectivity index (χ0n) is 14.2. The Labute approximate surface area is 160 Å². The van der Waals surface area contributed by atoms with Gasteiger partial charge in [-0.2, -0.15) is 0 Å². The number of amides is 2. The van der Waals surface area contributed by atoms with Crippen molar-refractivity contribution in [2.24, 2.45) is 0 Å². The number of anilines is 1. The quantitative estimate of drug-likeness (QED) is 0.594. The van der Waals surface area contributed by atoms with Crippen molar-refractivity contribution in [3.63, 3.8) is 0 Å². The van der Waals surface area contributed by atoms with Crippen LogP contribution in [-0.4, -0.2) is 45.2 Å². The second-order valence-electron chi connectivity index (χ2n) is 6.00. The zero-order valence-corrected chi connectivity index (χ0v) is 15.9. The van der Waals surface area contributed by atoms with Crippen molar-refractivity contribution in [2.75, 3.05) is 18.0 Å². The van der Waals surface area contributed by atoms with Crippen LogP contribution in [0.1, 0.15) is 31.7 Å². The van der Waals surface area contributed by atoms with E-state index in [0.29, 0.717) is 12.1 Å². The Morgan fingerprint density at radius 3 is 2.58 bits per heavy atom. The Morgan fingerprint density at radius 1 is 1.15 bits per heavy atom. The summed E-state index contributed by atoms with van der Waals surface area (Å²) in [7, 11) is 0. The molecule has 1 fully saturated rings. The van der Waals surface area contributed by atoms with Gasteiger partial charge in [0.05, 0.1) is 22.6 Å². The number of para-hydroxylation sites is 1. The summed E-state index contributed by atoms with van der Waals surface area (Å²) in [5, 5.41) is 8.85. The molecule has 0 radical (unpaired) electrons. The Kier molecular flexibility index (Phi) is 5.43. The summed E-state index contributed by atoms with van der Waals surface area (Å²) < 4.78 is 0.288. The van der Waals surface area contributed by atoms with E-state index in [9.17, 15) is 14.4 Å². The number of hydrogen-bond donors (Lipinski definition) is 1. The fraction of sp³-hybridized carbons (Fsp3) is 0.333. The van der Waals surface area contributed by atoms with Gasteiger partial charge in [-0.15, -0.1) is 0 Å². The summed E-state index contributed by atoms with van der Waals surface area (Å²) in [6.07, 6.45) is 1.63. The molecule has 26 heavy (non-hydrogen) atoms. The van der Waals surface area contributed by atoms with E-state index in [-0.39, 0.29) is 28.1 Å². The summed E-state index contributed by atoms with van der Waals surface area (Å²) in [6, 6.07) is 7.41. The second kappa shape index (κ2) is 7.59. The van der Waals surface area contributed by atoms with Crippen molar-refractivity contribution in [3.05, 3.63) is 34.7 Å². The normalized spacial score (nSPS) is 19.5. The molecule has 1 saturated heterocycles. The molecule has 0 saturated carbocycles. The molecule has 2 aliphatic rings. The van der Waals surface area contributed by atoms with E-state index >= 15 is 0 Å². The first kappa shape index (κ1) is 18.6. The molecule has 0 aromatic heterocycles. The van der Waals surface area contributed by atoms with E-state index in [1.165, 1.54) is 4.90 Å². The molecule has 1 N–H and O–H groups in total. The van der Waals surface area contributed by atoms with Gasteiger partial charge >= 0.3 is 5.97 Å². The summed E-state index contributed by atoms with van der Waals surface area (Å²) in [5.74, 6) is -1.59. The largest absolute Gasteiger partial charge is 0.481 e. The highest BCUT2D eigenvalue weighted by molar-refractivity contribution is 8.26. The average Bonchev–Trinajstić information content (AvgIpc) is 3.04. The maximum absolute atomic E-state index is 13.0. The van der Waals surface area contributed by atoms with Crippen molar-refractivity contribution in [2.45, 2.75) is 26.2 Å². The van der Waals surface area contributed by atoms with Crippen molar-refractivity contribution in [1.29, 1.82) is 0 Å². The van der Waals surface area contributed by atoms with Crippen LogP contribution in [0.5, 0.6) is 0 Å². The predicted octanol–water partition coefficient (Wildman–Crippen LogP) is 2.88. The fourth-order valence-electron chi connectivity index (χ4n) is 2.99.